The average molecular weight is 215 g/mol. The summed E-state index contributed by atoms with van der Waals surface area (Å²) in [7, 11) is 0. The van der Waals surface area contributed by atoms with E-state index >= 15 is 0 Å². The summed E-state index contributed by atoms with van der Waals surface area (Å²) < 4.78 is 0. The maximum atomic E-state index is 12.2. The Bertz CT molecular complexity index is 418. The van der Waals surface area contributed by atoms with E-state index in [0.717, 1.165) is 24.9 Å². The lowest BCUT2D eigenvalue weighted by atomic mass is 9.68. The summed E-state index contributed by atoms with van der Waals surface area (Å²) in [5, 5.41) is 3.08. The molecule has 1 fully saturated rings. The summed E-state index contributed by atoms with van der Waals surface area (Å²) >= 11 is 0. The lowest BCUT2D eigenvalue weighted by molar-refractivity contribution is -0.127. The molecular formula is C14H17NO. The third-order valence-corrected chi connectivity index (χ3v) is 4.09. The summed E-state index contributed by atoms with van der Waals surface area (Å²) in [6.45, 7) is 0. The van der Waals surface area contributed by atoms with Gasteiger partial charge in [-0.15, -0.1) is 0 Å². The van der Waals surface area contributed by atoms with Gasteiger partial charge in [-0.05, 0) is 30.9 Å². The summed E-state index contributed by atoms with van der Waals surface area (Å²) in [4.78, 5) is 12.2. The third-order valence-electron chi connectivity index (χ3n) is 4.09. The van der Waals surface area contributed by atoms with Crippen molar-refractivity contribution < 1.29 is 4.79 Å². The molecule has 16 heavy (non-hydrogen) atoms. The van der Waals surface area contributed by atoms with E-state index in [-0.39, 0.29) is 11.3 Å². The van der Waals surface area contributed by atoms with Crippen molar-refractivity contribution >= 4 is 11.6 Å². The number of rotatable bonds is 0. The number of fused-ring (bicyclic) bond motifs is 1. The summed E-state index contributed by atoms with van der Waals surface area (Å²) in [5.74, 6) is 0.255. The summed E-state index contributed by atoms with van der Waals surface area (Å²) in [6.07, 6.45) is 6.76. The lowest BCUT2D eigenvalue weighted by Crippen LogP contribution is -2.43. The molecule has 1 aliphatic heterocycles. The van der Waals surface area contributed by atoms with Crippen molar-refractivity contribution in [1.29, 1.82) is 0 Å². The number of amides is 1. The van der Waals surface area contributed by atoms with Gasteiger partial charge in [0.1, 0.15) is 0 Å². The Hall–Kier alpha value is -1.31. The molecule has 2 heteroatoms. The molecule has 1 aromatic carbocycles. The lowest BCUT2D eigenvalue weighted by Gasteiger charge is -2.39. The highest BCUT2D eigenvalue weighted by atomic mass is 16.2. The zero-order valence-corrected chi connectivity index (χ0v) is 9.46. The highest BCUT2D eigenvalue weighted by Crippen LogP contribution is 2.44. The Balaban J connectivity index is 1.97. The van der Waals surface area contributed by atoms with Crippen LogP contribution in [0.2, 0.25) is 0 Å². The number of carbonyl (C=O) groups excluding carboxylic acids is 1. The van der Waals surface area contributed by atoms with Crippen molar-refractivity contribution in [2.24, 2.45) is 5.41 Å². The molecule has 1 spiro atoms. The van der Waals surface area contributed by atoms with Crippen molar-refractivity contribution in [2.75, 3.05) is 5.32 Å². The first-order valence-electron chi connectivity index (χ1n) is 6.20. The number of anilines is 1. The van der Waals surface area contributed by atoms with E-state index in [1.165, 1.54) is 24.8 Å². The van der Waals surface area contributed by atoms with Crippen LogP contribution in [0.3, 0.4) is 0 Å². The minimum absolute atomic E-state index is 0.0907. The monoisotopic (exact) mass is 215 g/mol. The second kappa shape index (κ2) is 3.62. The third kappa shape index (κ3) is 1.44. The fraction of sp³-hybridized carbons (Fsp3) is 0.500. The van der Waals surface area contributed by atoms with Gasteiger partial charge in [-0.25, -0.2) is 0 Å². The molecule has 1 amide bonds. The van der Waals surface area contributed by atoms with Crippen LogP contribution in [0.5, 0.6) is 0 Å². The van der Waals surface area contributed by atoms with Crippen LogP contribution in [0.25, 0.3) is 0 Å². The molecule has 1 heterocycles. The molecule has 84 valence electrons. The number of hydrogen-bond acceptors (Lipinski definition) is 1. The molecule has 1 aromatic rings. The fourth-order valence-electron chi connectivity index (χ4n) is 3.13. The Morgan fingerprint density at radius 3 is 2.62 bits per heavy atom. The van der Waals surface area contributed by atoms with Crippen LogP contribution in [-0.4, -0.2) is 5.91 Å². The summed E-state index contributed by atoms with van der Waals surface area (Å²) in [5.41, 5.74) is 2.24. The highest BCUT2D eigenvalue weighted by Gasteiger charge is 2.42. The van der Waals surface area contributed by atoms with Gasteiger partial charge in [0.25, 0.3) is 0 Å². The normalized spacial score (nSPS) is 22.6. The molecule has 0 radical (unpaired) electrons. The van der Waals surface area contributed by atoms with Crippen LogP contribution in [-0.2, 0) is 11.2 Å². The van der Waals surface area contributed by atoms with Gasteiger partial charge in [0.2, 0.25) is 5.91 Å². The van der Waals surface area contributed by atoms with Gasteiger partial charge in [0.15, 0.2) is 0 Å². The van der Waals surface area contributed by atoms with E-state index in [9.17, 15) is 4.79 Å². The van der Waals surface area contributed by atoms with Gasteiger partial charge < -0.3 is 5.32 Å². The Labute approximate surface area is 96.1 Å². The minimum Gasteiger partial charge on any atom is -0.325 e. The van der Waals surface area contributed by atoms with Crippen molar-refractivity contribution in [2.45, 2.75) is 38.5 Å². The van der Waals surface area contributed by atoms with Crippen LogP contribution in [0.15, 0.2) is 24.3 Å². The van der Waals surface area contributed by atoms with E-state index in [1.54, 1.807) is 0 Å². The predicted octanol–water partition coefficient (Wildman–Crippen LogP) is 3.13. The van der Waals surface area contributed by atoms with Gasteiger partial charge in [0, 0.05) is 5.69 Å². The van der Waals surface area contributed by atoms with Gasteiger partial charge >= 0.3 is 0 Å². The molecular weight excluding hydrogens is 198 g/mol. The predicted molar refractivity (Wildman–Crippen MR) is 64.3 cm³/mol. The van der Waals surface area contributed by atoms with Gasteiger partial charge in [-0.3, -0.25) is 4.79 Å². The largest absolute Gasteiger partial charge is 0.325 e. The second-order valence-electron chi connectivity index (χ2n) is 5.13. The van der Waals surface area contributed by atoms with E-state index in [1.807, 2.05) is 12.1 Å². The molecule has 1 saturated carbocycles. The van der Waals surface area contributed by atoms with Crippen LogP contribution >= 0.6 is 0 Å². The van der Waals surface area contributed by atoms with Gasteiger partial charge in [0.05, 0.1) is 5.41 Å². The molecule has 0 saturated heterocycles. The molecule has 0 bridgehead atoms. The number of carbonyl (C=O) groups is 1. The maximum absolute atomic E-state index is 12.2. The second-order valence-corrected chi connectivity index (χ2v) is 5.13. The van der Waals surface area contributed by atoms with E-state index < -0.39 is 0 Å². The van der Waals surface area contributed by atoms with E-state index in [4.69, 9.17) is 0 Å². The SMILES string of the molecule is O=C1Nc2ccccc2CC12CCCCC2. The Morgan fingerprint density at radius 1 is 1.06 bits per heavy atom. The van der Waals surface area contributed by atoms with E-state index in [0.29, 0.717) is 0 Å². The van der Waals surface area contributed by atoms with E-state index in [2.05, 4.69) is 17.4 Å². The zero-order valence-electron chi connectivity index (χ0n) is 9.46. The van der Waals surface area contributed by atoms with Gasteiger partial charge in [-0.1, -0.05) is 37.5 Å². The zero-order chi connectivity index (χ0) is 11.0. The van der Waals surface area contributed by atoms with Crippen molar-refractivity contribution in [3.05, 3.63) is 29.8 Å². The first-order chi connectivity index (χ1) is 7.80. The number of benzene rings is 1. The van der Waals surface area contributed by atoms with Crippen LogP contribution in [0.1, 0.15) is 37.7 Å². The molecule has 2 aliphatic rings. The smallest absolute Gasteiger partial charge is 0.230 e. The minimum atomic E-state index is -0.0907. The maximum Gasteiger partial charge on any atom is 0.230 e. The van der Waals surface area contributed by atoms with Gasteiger partial charge in [-0.2, -0.15) is 0 Å². The highest BCUT2D eigenvalue weighted by molar-refractivity contribution is 5.98. The molecule has 1 aliphatic carbocycles. The van der Waals surface area contributed by atoms with Crippen LogP contribution in [0, 0.1) is 5.41 Å². The Morgan fingerprint density at radius 2 is 1.81 bits per heavy atom. The Kier molecular flexibility index (Phi) is 2.23. The van der Waals surface area contributed by atoms with Crippen LogP contribution in [0.4, 0.5) is 5.69 Å². The average Bonchev–Trinajstić information content (AvgIpc) is 2.32. The summed E-state index contributed by atoms with van der Waals surface area (Å²) in [6, 6.07) is 8.19. The first kappa shape index (κ1) is 9.88. The topological polar surface area (TPSA) is 29.1 Å². The first-order valence-corrected chi connectivity index (χ1v) is 6.20. The van der Waals surface area contributed by atoms with Crippen molar-refractivity contribution in [1.82, 2.24) is 0 Å². The standard InChI is InChI=1S/C14H17NO/c16-13-14(8-4-1-5-9-14)10-11-6-2-3-7-12(11)15-13/h2-3,6-7H,1,4-5,8-10H2,(H,15,16). The van der Waals surface area contributed by atoms with Crippen LogP contribution < -0.4 is 5.32 Å². The molecule has 0 unspecified atom stereocenters. The van der Waals surface area contributed by atoms with Crippen molar-refractivity contribution in [3.63, 3.8) is 0 Å². The molecule has 1 N–H and O–H groups in total. The molecule has 2 nitrogen and oxygen atoms in total. The number of nitrogens with one attached hydrogen (secondary N) is 1. The number of para-hydroxylation sites is 1. The molecule has 3 rings (SSSR count). The number of hydrogen-bond donors (Lipinski definition) is 1. The van der Waals surface area contributed by atoms with Crippen molar-refractivity contribution in [3.8, 4) is 0 Å². The molecule has 0 atom stereocenters. The fourth-order valence-corrected chi connectivity index (χ4v) is 3.13. The quantitative estimate of drug-likeness (QED) is 0.707. The molecule has 0 aromatic heterocycles.